The van der Waals surface area contributed by atoms with E-state index in [1.807, 2.05) is 25.3 Å². The third-order valence-electron chi connectivity index (χ3n) is 3.72. The molecule has 1 amide bonds. The SMILES string of the molecule is Cc1cc(C)nc(C(=O)Nc2nc(-c3cc(C)ccc3C)cs2)c1. The summed E-state index contributed by atoms with van der Waals surface area (Å²) in [6.45, 7) is 7.95. The molecule has 1 aromatic carbocycles. The first-order chi connectivity index (χ1) is 11.4. The molecule has 0 atom stereocenters. The number of aryl methyl sites for hydroxylation is 4. The van der Waals surface area contributed by atoms with Crippen molar-refractivity contribution in [2.75, 3.05) is 5.32 Å². The predicted molar refractivity (Wildman–Crippen MR) is 98.7 cm³/mol. The molecule has 0 spiro atoms. The lowest BCUT2D eigenvalue weighted by Gasteiger charge is -2.05. The van der Waals surface area contributed by atoms with Crippen molar-refractivity contribution in [1.29, 1.82) is 0 Å². The Hall–Kier alpha value is -2.53. The molecule has 0 aliphatic heterocycles. The highest BCUT2D eigenvalue weighted by Crippen LogP contribution is 2.28. The Morgan fingerprint density at radius 3 is 2.54 bits per heavy atom. The van der Waals surface area contributed by atoms with Gasteiger partial charge >= 0.3 is 0 Å². The van der Waals surface area contributed by atoms with Gasteiger partial charge in [-0.1, -0.05) is 17.7 Å². The molecule has 0 fully saturated rings. The van der Waals surface area contributed by atoms with Gasteiger partial charge < -0.3 is 0 Å². The van der Waals surface area contributed by atoms with Gasteiger partial charge in [0.2, 0.25) is 0 Å². The van der Waals surface area contributed by atoms with E-state index in [0.29, 0.717) is 10.8 Å². The molecular weight excluding hydrogens is 318 g/mol. The largest absolute Gasteiger partial charge is 0.296 e. The van der Waals surface area contributed by atoms with Crippen molar-refractivity contribution >= 4 is 22.4 Å². The number of nitrogens with zero attached hydrogens (tertiary/aromatic N) is 2. The second-order valence-corrected chi connectivity index (χ2v) is 6.84. The van der Waals surface area contributed by atoms with E-state index in [2.05, 4.69) is 47.3 Å². The van der Waals surface area contributed by atoms with Gasteiger partial charge in [-0.25, -0.2) is 9.97 Å². The van der Waals surface area contributed by atoms with Crippen molar-refractivity contribution in [3.8, 4) is 11.3 Å². The molecule has 0 aliphatic rings. The van der Waals surface area contributed by atoms with Crippen molar-refractivity contribution in [2.45, 2.75) is 27.7 Å². The molecular formula is C19H19N3OS. The molecule has 3 rings (SSSR count). The summed E-state index contributed by atoms with van der Waals surface area (Å²) in [5.74, 6) is -0.233. The molecule has 5 heteroatoms. The molecule has 4 nitrogen and oxygen atoms in total. The van der Waals surface area contributed by atoms with Crippen LogP contribution in [-0.2, 0) is 0 Å². The first-order valence-corrected chi connectivity index (χ1v) is 8.60. The molecule has 0 unspecified atom stereocenters. The average Bonchev–Trinajstić information content (AvgIpc) is 2.97. The van der Waals surface area contributed by atoms with Crippen LogP contribution in [0, 0.1) is 27.7 Å². The van der Waals surface area contributed by atoms with Gasteiger partial charge in [0.05, 0.1) is 5.69 Å². The molecule has 2 aromatic heterocycles. The molecule has 1 N–H and O–H groups in total. The lowest BCUT2D eigenvalue weighted by molar-refractivity contribution is 0.102. The van der Waals surface area contributed by atoms with Gasteiger partial charge in [-0.15, -0.1) is 11.3 Å². The average molecular weight is 337 g/mol. The number of carbonyl (C=O) groups excluding carboxylic acids is 1. The zero-order chi connectivity index (χ0) is 17.3. The number of carbonyl (C=O) groups is 1. The van der Waals surface area contributed by atoms with Gasteiger partial charge in [-0.05, 0) is 57.0 Å². The van der Waals surface area contributed by atoms with Crippen molar-refractivity contribution < 1.29 is 4.79 Å². The Labute approximate surface area is 145 Å². The fraction of sp³-hybridized carbons (Fsp3) is 0.211. The minimum atomic E-state index is -0.233. The number of pyridine rings is 1. The highest BCUT2D eigenvalue weighted by atomic mass is 32.1. The third kappa shape index (κ3) is 3.51. The standard InChI is InChI=1S/C19H19N3OS/c1-11-5-6-13(3)15(8-11)17-10-24-19(21-17)22-18(23)16-9-12(2)7-14(4)20-16/h5-10H,1-4H3,(H,21,22,23). The lowest BCUT2D eigenvalue weighted by atomic mass is 10.0. The molecule has 122 valence electrons. The maximum absolute atomic E-state index is 12.4. The number of benzene rings is 1. The van der Waals surface area contributed by atoms with Crippen LogP contribution in [0.2, 0.25) is 0 Å². The van der Waals surface area contributed by atoms with E-state index in [4.69, 9.17) is 0 Å². The van der Waals surface area contributed by atoms with Gasteiger partial charge in [-0.3, -0.25) is 10.1 Å². The molecule has 3 aromatic rings. The number of amides is 1. The molecule has 0 saturated heterocycles. The maximum Gasteiger partial charge on any atom is 0.276 e. The van der Waals surface area contributed by atoms with Crippen LogP contribution in [-0.4, -0.2) is 15.9 Å². The van der Waals surface area contributed by atoms with E-state index < -0.39 is 0 Å². The van der Waals surface area contributed by atoms with Crippen molar-refractivity contribution in [2.24, 2.45) is 0 Å². The van der Waals surface area contributed by atoms with Crippen LogP contribution >= 0.6 is 11.3 Å². The Kier molecular flexibility index (Phi) is 4.44. The first-order valence-electron chi connectivity index (χ1n) is 7.72. The second kappa shape index (κ2) is 6.53. The van der Waals surface area contributed by atoms with E-state index in [1.54, 1.807) is 6.07 Å². The summed E-state index contributed by atoms with van der Waals surface area (Å²) in [6, 6.07) is 10.0. The molecule has 0 aliphatic carbocycles. The zero-order valence-electron chi connectivity index (χ0n) is 14.2. The van der Waals surface area contributed by atoms with Crippen LogP contribution in [0.4, 0.5) is 5.13 Å². The summed E-state index contributed by atoms with van der Waals surface area (Å²) in [4.78, 5) is 21.2. The smallest absolute Gasteiger partial charge is 0.276 e. The number of hydrogen-bond donors (Lipinski definition) is 1. The molecule has 24 heavy (non-hydrogen) atoms. The van der Waals surface area contributed by atoms with Crippen LogP contribution < -0.4 is 5.32 Å². The van der Waals surface area contributed by atoms with Crippen molar-refractivity contribution in [1.82, 2.24) is 9.97 Å². The molecule has 0 saturated carbocycles. The van der Waals surface area contributed by atoms with Crippen LogP contribution in [0.15, 0.2) is 35.7 Å². The number of rotatable bonds is 3. The Balaban J connectivity index is 1.83. The number of aromatic nitrogens is 2. The minimum absolute atomic E-state index is 0.233. The highest BCUT2D eigenvalue weighted by Gasteiger charge is 2.13. The zero-order valence-corrected chi connectivity index (χ0v) is 15.0. The van der Waals surface area contributed by atoms with Crippen molar-refractivity contribution in [3.05, 3.63) is 63.8 Å². The van der Waals surface area contributed by atoms with Crippen LogP contribution in [0.3, 0.4) is 0 Å². The van der Waals surface area contributed by atoms with E-state index in [1.165, 1.54) is 22.5 Å². The summed E-state index contributed by atoms with van der Waals surface area (Å²) < 4.78 is 0. The Morgan fingerprint density at radius 1 is 1.00 bits per heavy atom. The van der Waals surface area contributed by atoms with E-state index in [9.17, 15) is 4.79 Å². The monoisotopic (exact) mass is 337 g/mol. The van der Waals surface area contributed by atoms with Gasteiger partial charge in [0.1, 0.15) is 5.69 Å². The quantitative estimate of drug-likeness (QED) is 0.754. The third-order valence-corrected chi connectivity index (χ3v) is 4.48. The van der Waals surface area contributed by atoms with Gasteiger partial charge in [-0.2, -0.15) is 0 Å². The normalized spacial score (nSPS) is 10.7. The van der Waals surface area contributed by atoms with Crippen LogP contribution in [0.1, 0.15) is 32.9 Å². The van der Waals surface area contributed by atoms with E-state index >= 15 is 0 Å². The summed E-state index contributed by atoms with van der Waals surface area (Å²) in [6.07, 6.45) is 0. The van der Waals surface area contributed by atoms with Crippen LogP contribution in [0.25, 0.3) is 11.3 Å². The van der Waals surface area contributed by atoms with Crippen LogP contribution in [0.5, 0.6) is 0 Å². The maximum atomic E-state index is 12.4. The lowest BCUT2D eigenvalue weighted by Crippen LogP contribution is -2.14. The topological polar surface area (TPSA) is 54.9 Å². The number of nitrogens with one attached hydrogen (secondary N) is 1. The number of thiazole rings is 1. The summed E-state index contributed by atoms with van der Waals surface area (Å²) in [7, 11) is 0. The fourth-order valence-electron chi connectivity index (χ4n) is 2.59. The summed E-state index contributed by atoms with van der Waals surface area (Å²) in [5.41, 5.74) is 6.59. The Morgan fingerprint density at radius 2 is 1.79 bits per heavy atom. The fourth-order valence-corrected chi connectivity index (χ4v) is 3.29. The Bertz CT molecular complexity index is 894. The molecule has 0 radical (unpaired) electrons. The van der Waals surface area contributed by atoms with Crippen molar-refractivity contribution in [3.63, 3.8) is 0 Å². The van der Waals surface area contributed by atoms with Gasteiger partial charge in [0, 0.05) is 16.6 Å². The second-order valence-electron chi connectivity index (χ2n) is 5.98. The predicted octanol–water partition coefficient (Wildman–Crippen LogP) is 4.69. The van der Waals surface area contributed by atoms with E-state index in [0.717, 1.165) is 22.5 Å². The summed E-state index contributed by atoms with van der Waals surface area (Å²) >= 11 is 1.42. The molecule has 0 bridgehead atoms. The highest BCUT2D eigenvalue weighted by molar-refractivity contribution is 7.14. The molecule has 2 heterocycles. The van der Waals surface area contributed by atoms with Gasteiger partial charge in [0.15, 0.2) is 5.13 Å². The number of anilines is 1. The summed E-state index contributed by atoms with van der Waals surface area (Å²) in [5, 5.41) is 5.39. The number of hydrogen-bond acceptors (Lipinski definition) is 4. The van der Waals surface area contributed by atoms with E-state index in [-0.39, 0.29) is 5.91 Å². The minimum Gasteiger partial charge on any atom is -0.296 e. The first kappa shape index (κ1) is 16.3. The van der Waals surface area contributed by atoms with Gasteiger partial charge in [0.25, 0.3) is 5.91 Å².